The van der Waals surface area contributed by atoms with E-state index in [-0.39, 0.29) is 11.5 Å². The molecule has 0 saturated heterocycles. The maximum absolute atomic E-state index is 12.8. The summed E-state index contributed by atoms with van der Waals surface area (Å²) in [5, 5.41) is 0. The minimum Gasteiger partial charge on any atom is -0.497 e. The fourth-order valence-corrected chi connectivity index (χ4v) is 1.38. The fourth-order valence-electron chi connectivity index (χ4n) is 1.38. The number of rotatable bonds is 3. The molecule has 0 radical (unpaired) electrons. The molecule has 2 aromatic rings. The normalized spacial score (nSPS) is 10.0. The monoisotopic (exact) mass is 233 g/mol. The van der Waals surface area contributed by atoms with Gasteiger partial charge in [0.15, 0.2) is 5.75 Å². The molecule has 17 heavy (non-hydrogen) atoms. The maximum Gasteiger partial charge on any atom is 0.150 e. The number of benzene rings is 2. The van der Waals surface area contributed by atoms with Crippen molar-refractivity contribution < 1.29 is 13.9 Å². The number of hydrogen-bond donors (Lipinski definition) is 1. The van der Waals surface area contributed by atoms with E-state index >= 15 is 0 Å². The van der Waals surface area contributed by atoms with Gasteiger partial charge in [0.2, 0.25) is 0 Å². The summed E-state index contributed by atoms with van der Waals surface area (Å²) >= 11 is 0. The standard InChI is InChI=1S/C13H12FNO2/c1-16-10-3-5-11(6-4-10)17-13-7-2-9(14)8-12(13)15/h2-8H,15H2,1H3. The first-order chi connectivity index (χ1) is 8.19. The second-order valence-corrected chi connectivity index (χ2v) is 3.46. The van der Waals surface area contributed by atoms with Gasteiger partial charge in [0, 0.05) is 6.07 Å². The van der Waals surface area contributed by atoms with E-state index in [4.69, 9.17) is 15.2 Å². The van der Waals surface area contributed by atoms with Crippen molar-refractivity contribution in [2.45, 2.75) is 0 Å². The molecule has 0 saturated carbocycles. The van der Waals surface area contributed by atoms with Crippen molar-refractivity contribution in [2.24, 2.45) is 0 Å². The number of ether oxygens (including phenoxy) is 2. The maximum atomic E-state index is 12.8. The van der Waals surface area contributed by atoms with Crippen LogP contribution < -0.4 is 15.2 Å². The van der Waals surface area contributed by atoms with Crippen molar-refractivity contribution in [3.63, 3.8) is 0 Å². The van der Waals surface area contributed by atoms with Gasteiger partial charge in [-0.3, -0.25) is 0 Å². The Hall–Kier alpha value is -2.23. The predicted octanol–water partition coefficient (Wildman–Crippen LogP) is 3.21. The highest BCUT2D eigenvalue weighted by Crippen LogP contribution is 2.28. The summed E-state index contributed by atoms with van der Waals surface area (Å²) in [6, 6.07) is 11.1. The molecular formula is C13H12FNO2. The third-order valence-corrected chi connectivity index (χ3v) is 2.26. The zero-order valence-corrected chi connectivity index (χ0v) is 9.31. The topological polar surface area (TPSA) is 44.5 Å². The predicted molar refractivity (Wildman–Crippen MR) is 63.9 cm³/mol. The van der Waals surface area contributed by atoms with Gasteiger partial charge in [-0.15, -0.1) is 0 Å². The summed E-state index contributed by atoms with van der Waals surface area (Å²) in [4.78, 5) is 0. The summed E-state index contributed by atoms with van der Waals surface area (Å²) < 4.78 is 23.4. The van der Waals surface area contributed by atoms with Crippen LogP contribution in [-0.4, -0.2) is 7.11 Å². The number of hydrogen-bond acceptors (Lipinski definition) is 3. The Balaban J connectivity index is 2.19. The van der Waals surface area contributed by atoms with Crippen LogP contribution in [0.1, 0.15) is 0 Å². The molecule has 0 spiro atoms. The molecule has 0 aliphatic rings. The van der Waals surface area contributed by atoms with Gasteiger partial charge in [0.25, 0.3) is 0 Å². The zero-order valence-electron chi connectivity index (χ0n) is 9.31. The molecule has 0 aliphatic carbocycles. The second kappa shape index (κ2) is 4.74. The minimum absolute atomic E-state index is 0.265. The van der Waals surface area contributed by atoms with E-state index in [9.17, 15) is 4.39 Å². The van der Waals surface area contributed by atoms with Gasteiger partial charge in [-0.2, -0.15) is 0 Å². The minimum atomic E-state index is -0.385. The van der Waals surface area contributed by atoms with E-state index in [0.29, 0.717) is 11.5 Å². The van der Waals surface area contributed by atoms with Crippen molar-refractivity contribution in [3.8, 4) is 17.2 Å². The van der Waals surface area contributed by atoms with Gasteiger partial charge in [-0.05, 0) is 36.4 Å². The van der Waals surface area contributed by atoms with Crippen LogP contribution in [-0.2, 0) is 0 Å². The smallest absolute Gasteiger partial charge is 0.150 e. The third kappa shape index (κ3) is 2.66. The number of nitrogens with two attached hydrogens (primary N) is 1. The fraction of sp³-hybridized carbons (Fsp3) is 0.0769. The Kier molecular flexibility index (Phi) is 3.14. The number of nitrogen functional groups attached to an aromatic ring is 1. The molecule has 3 nitrogen and oxygen atoms in total. The molecule has 0 amide bonds. The van der Waals surface area contributed by atoms with Crippen molar-refractivity contribution in [1.29, 1.82) is 0 Å². The molecular weight excluding hydrogens is 221 g/mol. The molecule has 0 unspecified atom stereocenters. The summed E-state index contributed by atoms with van der Waals surface area (Å²) in [5.74, 6) is 1.40. The molecule has 2 N–H and O–H groups in total. The van der Waals surface area contributed by atoms with Crippen LogP contribution in [0.2, 0.25) is 0 Å². The van der Waals surface area contributed by atoms with E-state index in [1.165, 1.54) is 18.2 Å². The van der Waals surface area contributed by atoms with Crippen molar-refractivity contribution in [3.05, 3.63) is 48.3 Å². The Bertz CT molecular complexity index is 511. The average Bonchev–Trinajstić information content (AvgIpc) is 2.34. The summed E-state index contributed by atoms with van der Waals surface area (Å²) in [7, 11) is 1.59. The third-order valence-electron chi connectivity index (χ3n) is 2.26. The van der Waals surface area contributed by atoms with Gasteiger partial charge in [-0.1, -0.05) is 0 Å². The first-order valence-corrected chi connectivity index (χ1v) is 5.06. The molecule has 0 atom stereocenters. The van der Waals surface area contributed by atoms with Crippen LogP contribution in [0.5, 0.6) is 17.2 Å². The molecule has 0 fully saturated rings. The molecule has 2 aromatic carbocycles. The summed E-state index contributed by atoms with van der Waals surface area (Å²) in [6.07, 6.45) is 0. The highest BCUT2D eigenvalue weighted by Gasteiger charge is 2.03. The highest BCUT2D eigenvalue weighted by atomic mass is 19.1. The van der Waals surface area contributed by atoms with Crippen molar-refractivity contribution in [2.75, 3.05) is 12.8 Å². The van der Waals surface area contributed by atoms with Crippen molar-refractivity contribution >= 4 is 5.69 Å². The Morgan fingerprint density at radius 2 is 1.65 bits per heavy atom. The van der Waals surface area contributed by atoms with Crippen LogP contribution >= 0.6 is 0 Å². The second-order valence-electron chi connectivity index (χ2n) is 3.46. The van der Waals surface area contributed by atoms with E-state index < -0.39 is 0 Å². The highest BCUT2D eigenvalue weighted by molar-refractivity contribution is 5.54. The molecule has 0 heterocycles. The summed E-state index contributed by atoms with van der Waals surface area (Å²) in [5.41, 5.74) is 5.90. The van der Waals surface area contributed by atoms with Gasteiger partial charge >= 0.3 is 0 Å². The van der Waals surface area contributed by atoms with E-state index in [1.54, 1.807) is 31.4 Å². The van der Waals surface area contributed by atoms with Crippen LogP contribution in [0, 0.1) is 5.82 Å². The largest absolute Gasteiger partial charge is 0.497 e. The SMILES string of the molecule is COc1ccc(Oc2ccc(F)cc2N)cc1. The van der Waals surface area contributed by atoms with Crippen LogP contribution in [0.15, 0.2) is 42.5 Å². The molecule has 88 valence electrons. The molecule has 0 aliphatic heterocycles. The zero-order chi connectivity index (χ0) is 12.3. The van der Waals surface area contributed by atoms with Gasteiger partial charge in [0.05, 0.1) is 12.8 Å². The van der Waals surface area contributed by atoms with Crippen LogP contribution in [0.25, 0.3) is 0 Å². The Morgan fingerprint density at radius 3 is 2.24 bits per heavy atom. The van der Waals surface area contributed by atoms with E-state index in [0.717, 1.165) is 5.75 Å². The lowest BCUT2D eigenvalue weighted by Crippen LogP contribution is -1.93. The van der Waals surface area contributed by atoms with Crippen LogP contribution in [0.4, 0.5) is 10.1 Å². The summed E-state index contributed by atoms with van der Waals surface area (Å²) in [6.45, 7) is 0. The molecule has 4 heteroatoms. The lowest BCUT2D eigenvalue weighted by Gasteiger charge is -2.08. The Labute approximate surface area is 98.6 Å². The van der Waals surface area contributed by atoms with Crippen molar-refractivity contribution in [1.82, 2.24) is 0 Å². The van der Waals surface area contributed by atoms with Crippen LogP contribution in [0.3, 0.4) is 0 Å². The van der Waals surface area contributed by atoms with Gasteiger partial charge < -0.3 is 15.2 Å². The first kappa shape index (κ1) is 11.3. The molecule has 0 aromatic heterocycles. The number of methoxy groups -OCH3 is 1. The lowest BCUT2D eigenvalue weighted by molar-refractivity contribution is 0.413. The number of anilines is 1. The number of halogens is 1. The first-order valence-electron chi connectivity index (χ1n) is 5.06. The molecule has 2 rings (SSSR count). The van der Waals surface area contributed by atoms with Gasteiger partial charge in [-0.25, -0.2) is 4.39 Å². The Morgan fingerprint density at radius 1 is 1.00 bits per heavy atom. The lowest BCUT2D eigenvalue weighted by atomic mass is 10.3. The van der Waals surface area contributed by atoms with E-state index in [2.05, 4.69) is 0 Å². The quantitative estimate of drug-likeness (QED) is 0.828. The average molecular weight is 233 g/mol. The van der Waals surface area contributed by atoms with E-state index in [1.807, 2.05) is 0 Å². The molecule has 0 bridgehead atoms. The van der Waals surface area contributed by atoms with Gasteiger partial charge in [0.1, 0.15) is 17.3 Å².